The highest BCUT2D eigenvalue weighted by atomic mass is 16.8. The van der Waals surface area contributed by atoms with Gasteiger partial charge in [0.25, 0.3) is 0 Å². The number of hydrogen-bond donors (Lipinski definition) is 1. The number of ether oxygens (including phenoxy) is 3. The van der Waals surface area contributed by atoms with Gasteiger partial charge >= 0.3 is 0 Å². The number of hydrogen-bond acceptors (Lipinski definition) is 5. The highest BCUT2D eigenvalue weighted by Gasteiger charge is 2.89. The minimum absolute atomic E-state index is 0.0452. The van der Waals surface area contributed by atoms with E-state index in [0.29, 0.717) is 5.56 Å². The van der Waals surface area contributed by atoms with Crippen LogP contribution in [0.4, 0.5) is 0 Å². The number of aliphatic hydroxyl groups is 1. The van der Waals surface area contributed by atoms with E-state index < -0.39 is 34.8 Å². The Kier molecular flexibility index (Phi) is 2.20. The fourth-order valence-corrected chi connectivity index (χ4v) is 6.03. The molecule has 0 unspecified atom stereocenters. The summed E-state index contributed by atoms with van der Waals surface area (Å²) < 4.78 is 19.3. The molecule has 2 spiro atoms. The Bertz CT molecular complexity index is 792. The average molecular weight is 328 g/mol. The molecule has 5 nitrogen and oxygen atoms in total. The fourth-order valence-electron chi connectivity index (χ4n) is 6.03. The predicted octanol–water partition coefficient (Wildman–Crippen LogP) is 2.26. The molecule has 1 aromatic carbocycles. The molecule has 3 saturated heterocycles. The van der Waals surface area contributed by atoms with Crippen LogP contribution in [0.5, 0.6) is 0 Å². The van der Waals surface area contributed by atoms with Gasteiger partial charge in [-0.1, -0.05) is 30.7 Å². The van der Waals surface area contributed by atoms with Crippen molar-refractivity contribution in [2.45, 2.75) is 68.4 Å². The van der Waals surface area contributed by atoms with Gasteiger partial charge in [-0.05, 0) is 19.8 Å². The van der Waals surface area contributed by atoms with Gasteiger partial charge in [-0.3, -0.25) is 4.79 Å². The zero-order valence-corrected chi connectivity index (χ0v) is 13.6. The Morgan fingerprint density at radius 3 is 2.83 bits per heavy atom. The third-order valence-electron chi connectivity index (χ3n) is 7.27. The molecule has 24 heavy (non-hydrogen) atoms. The average Bonchev–Trinajstić information content (AvgIpc) is 3.08. The Labute approximate surface area is 139 Å². The van der Waals surface area contributed by atoms with Crippen molar-refractivity contribution in [2.24, 2.45) is 5.41 Å². The molecular weight excluding hydrogens is 308 g/mol. The van der Waals surface area contributed by atoms with Gasteiger partial charge in [-0.2, -0.15) is 0 Å². The molecule has 1 aromatic rings. The SMILES string of the molecule is C[C@]12CCCC[C@@]13O[C@@H]1[C@@]4(O3)c3ccccc3C(=O)C[C@@H]4O[C@@]12O. The molecule has 5 heteroatoms. The molecule has 2 aliphatic carbocycles. The lowest BCUT2D eigenvalue weighted by molar-refractivity contribution is -0.306. The van der Waals surface area contributed by atoms with Gasteiger partial charge in [-0.25, -0.2) is 0 Å². The number of carbonyl (C=O) groups is 1. The van der Waals surface area contributed by atoms with Crippen molar-refractivity contribution < 1.29 is 24.1 Å². The summed E-state index contributed by atoms with van der Waals surface area (Å²) in [5.41, 5.74) is 0.0305. The molecule has 0 aromatic heterocycles. The minimum Gasteiger partial charge on any atom is -0.363 e. The number of ketones is 1. The van der Waals surface area contributed by atoms with Gasteiger partial charge in [0.1, 0.15) is 6.10 Å². The highest BCUT2D eigenvalue weighted by Crippen LogP contribution is 2.75. The van der Waals surface area contributed by atoms with Crippen LogP contribution in [0.1, 0.15) is 54.9 Å². The maximum Gasteiger partial charge on any atom is 0.206 e. The van der Waals surface area contributed by atoms with Crippen LogP contribution < -0.4 is 0 Å². The van der Waals surface area contributed by atoms with Gasteiger partial charge in [0.05, 0.1) is 5.41 Å². The van der Waals surface area contributed by atoms with Crippen molar-refractivity contribution in [2.75, 3.05) is 0 Å². The van der Waals surface area contributed by atoms with E-state index in [1.54, 1.807) is 0 Å². The molecule has 126 valence electrons. The molecule has 6 atom stereocenters. The van der Waals surface area contributed by atoms with E-state index in [0.717, 1.165) is 31.2 Å². The minimum atomic E-state index is -1.39. The second-order valence-corrected chi connectivity index (χ2v) is 8.16. The Balaban J connectivity index is 1.64. The summed E-state index contributed by atoms with van der Waals surface area (Å²) in [6.07, 6.45) is 2.76. The van der Waals surface area contributed by atoms with E-state index in [1.807, 2.05) is 31.2 Å². The number of rotatable bonds is 0. The van der Waals surface area contributed by atoms with Crippen LogP contribution in [0.15, 0.2) is 24.3 Å². The van der Waals surface area contributed by atoms with Crippen molar-refractivity contribution in [1.82, 2.24) is 0 Å². The van der Waals surface area contributed by atoms with Crippen LogP contribution >= 0.6 is 0 Å². The molecular formula is C19H20O5. The standard InChI is InChI=1S/C19H20O5/c1-16-8-4-5-9-17(16)23-15-18(24-17)12-7-3-2-6-11(12)13(20)10-14(18)22-19(15,16)21/h2-3,6-7,14-15,21H,4-5,8-10H2,1H3/t14-,15+,16-,17-,18+,19-/m0/s1. The van der Waals surface area contributed by atoms with E-state index in [2.05, 4.69) is 0 Å². The van der Waals surface area contributed by atoms with E-state index in [9.17, 15) is 9.90 Å². The molecule has 0 amide bonds. The van der Waals surface area contributed by atoms with Crippen LogP contribution in [0, 0.1) is 5.41 Å². The van der Waals surface area contributed by atoms with Crippen molar-refractivity contribution in [1.29, 1.82) is 0 Å². The number of Topliss-reactive ketones (excluding diaryl/α,β-unsaturated/α-hetero) is 1. The lowest BCUT2D eigenvalue weighted by Crippen LogP contribution is -2.64. The Hall–Kier alpha value is -1.27. The monoisotopic (exact) mass is 328 g/mol. The molecule has 3 aliphatic heterocycles. The normalized spacial score (nSPS) is 53.7. The lowest BCUT2D eigenvalue weighted by atomic mass is 9.61. The topological polar surface area (TPSA) is 65.0 Å². The van der Waals surface area contributed by atoms with Crippen molar-refractivity contribution >= 4 is 5.78 Å². The molecule has 2 bridgehead atoms. The van der Waals surface area contributed by atoms with E-state index in [4.69, 9.17) is 14.2 Å². The summed E-state index contributed by atoms with van der Waals surface area (Å²) in [5.74, 6) is -2.16. The zero-order valence-electron chi connectivity index (χ0n) is 13.6. The molecule has 3 heterocycles. The van der Waals surface area contributed by atoms with Gasteiger partial charge in [0, 0.05) is 24.0 Å². The smallest absolute Gasteiger partial charge is 0.206 e. The number of benzene rings is 1. The first kappa shape index (κ1) is 14.0. The largest absolute Gasteiger partial charge is 0.363 e. The van der Waals surface area contributed by atoms with Crippen molar-refractivity contribution in [3.63, 3.8) is 0 Å². The fraction of sp³-hybridized carbons (Fsp3) is 0.632. The van der Waals surface area contributed by atoms with Crippen LogP contribution in [0.25, 0.3) is 0 Å². The molecule has 6 rings (SSSR count). The summed E-state index contributed by atoms with van der Waals surface area (Å²) >= 11 is 0. The summed E-state index contributed by atoms with van der Waals surface area (Å²) in [4.78, 5) is 12.6. The highest BCUT2D eigenvalue weighted by molar-refractivity contribution is 5.99. The maximum absolute atomic E-state index is 12.6. The van der Waals surface area contributed by atoms with E-state index in [1.165, 1.54) is 0 Å². The molecule has 1 N–H and O–H groups in total. The van der Waals surface area contributed by atoms with Crippen LogP contribution in [0.2, 0.25) is 0 Å². The van der Waals surface area contributed by atoms with Gasteiger partial charge in [-0.15, -0.1) is 0 Å². The Morgan fingerprint density at radius 2 is 1.96 bits per heavy atom. The van der Waals surface area contributed by atoms with Gasteiger partial charge < -0.3 is 19.3 Å². The van der Waals surface area contributed by atoms with E-state index in [-0.39, 0.29) is 12.2 Å². The molecule has 5 aliphatic rings. The first-order valence-electron chi connectivity index (χ1n) is 8.88. The van der Waals surface area contributed by atoms with E-state index >= 15 is 0 Å². The third-order valence-corrected chi connectivity index (χ3v) is 7.27. The summed E-state index contributed by atoms with van der Waals surface area (Å²) in [6, 6.07) is 7.54. The molecule has 1 saturated carbocycles. The predicted molar refractivity (Wildman–Crippen MR) is 82.2 cm³/mol. The summed E-state index contributed by atoms with van der Waals surface area (Å²) in [6.45, 7) is 2.02. The van der Waals surface area contributed by atoms with Gasteiger partial charge in [0.15, 0.2) is 23.3 Å². The summed E-state index contributed by atoms with van der Waals surface area (Å²) in [5, 5.41) is 11.6. The second kappa shape index (κ2) is 3.78. The van der Waals surface area contributed by atoms with Crippen LogP contribution in [-0.4, -0.2) is 34.7 Å². The first-order chi connectivity index (χ1) is 11.5. The summed E-state index contributed by atoms with van der Waals surface area (Å²) in [7, 11) is 0. The quantitative estimate of drug-likeness (QED) is 0.791. The van der Waals surface area contributed by atoms with Crippen LogP contribution in [0.3, 0.4) is 0 Å². The lowest BCUT2D eigenvalue weighted by Gasteiger charge is -2.51. The molecule has 0 radical (unpaired) electrons. The van der Waals surface area contributed by atoms with Gasteiger partial charge in [0.2, 0.25) is 5.79 Å². The third kappa shape index (κ3) is 1.12. The number of fused-ring (bicyclic) bond motifs is 2. The van der Waals surface area contributed by atoms with Crippen LogP contribution in [-0.2, 0) is 19.8 Å². The zero-order chi connectivity index (χ0) is 16.4. The Morgan fingerprint density at radius 1 is 1.17 bits per heavy atom. The van der Waals surface area contributed by atoms with Crippen molar-refractivity contribution in [3.05, 3.63) is 35.4 Å². The molecule has 4 fully saturated rings. The second-order valence-electron chi connectivity index (χ2n) is 8.16. The van der Waals surface area contributed by atoms with Crippen molar-refractivity contribution in [3.8, 4) is 0 Å². The maximum atomic E-state index is 12.6. The first-order valence-corrected chi connectivity index (χ1v) is 8.88. The number of carbonyl (C=O) groups excluding carboxylic acids is 1.